The molecule has 3 rings (SSSR count). The number of aromatic nitrogens is 1. The second-order valence-corrected chi connectivity index (χ2v) is 5.59. The van der Waals surface area contributed by atoms with E-state index in [4.69, 9.17) is 9.72 Å². The summed E-state index contributed by atoms with van der Waals surface area (Å²) in [6.07, 6.45) is 0. The summed E-state index contributed by atoms with van der Waals surface area (Å²) in [4.78, 5) is 28.7. The number of rotatable bonds is 4. The van der Waals surface area contributed by atoms with E-state index in [1.807, 2.05) is 61.5 Å². The fourth-order valence-electron chi connectivity index (χ4n) is 2.72. The van der Waals surface area contributed by atoms with Crippen LogP contribution in [0.25, 0.3) is 22.2 Å². The fourth-order valence-corrected chi connectivity index (χ4v) is 2.72. The highest BCUT2D eigenvalue weighted by Crippen LogP contribution is 2.30. The van der Waals surface area contributed by atoms with Crippen molar-refractivity contribution >= 4 is 22.8 Å². The molecule has 1 aromatic heterocycles. The molecule has 0 radical (unpaired) electrons. The number of carbonyl (C=O) groups is 2. The lowest BCUT2D eigenvalue weighted by molar-refractivity contribution is -0.123. The SMILES string of the molecule is CNC(=O)COC(=O)c1c(C)c(-c2ccccc2)nc2ccccc12. The van der Waals surface area contributed by atoms with Gasteiger partial charge in [-0.1, -0.05) is 48.5 Å². The summed E-state index contributed by atoms with van der Waals surface area (Å²) in [6, 6.07) is 17.1. The van der Waals surface area contributed by atoms with Gasteiger partial charge in [0.2, 0.25) is 0 Å². The van der Waals surface area contributed by atoms with Crippen LogP contribution in [0.1, 0.15) is 15.9 Å². The van der Waals surface area contributed by atoms with Crippen LogP contribution in [-0.4, -0.2) is 30.5 Å². The molecule has 1 amide bonds. The van der Waals surface area contributed by atoms with E-state index in [1.54, 1.807) is 0 Å². The van der Waals surface area contributed by atoms with Gasteiger partial charge in [0.05, 0.1) is 16.8 Å². The van der Waals surface area contributed by atoms with Crippen molar-refractivity contribution in [2.45, 2.75) is 6.92 Å². The summed E-state index contributed by atoms with van der Waals surface area (Å²) in [7, 11) is 1.50. The smallest absolute Gasteiger partial charge is 0.339 e. The number of nitrogens with zero attached hydrogens (tertiary/aromatic N) is 1. The predicted octanol–water partition coefficient (Wildman–Crippen LogP) is 3.11. The Morgan fingerprint density at radius 1 is 1.04 bits per heavy atom. The summed E-state index contributed by atoms with van der Waals surface area (Å²) >= 11 is 0. The van der Waals surface area contributed by atoms with E-state index in [2.05, 4.69) is 5.32 Å². The van der Waals surface area contributed by atoms with E-state index in [0.717, 1.165) is 16.8 Å². The molecular formula is C20H18N2O3. The number of nitrogens with one attached hydrogen (secondary N) is 1. The molecule has 0 atom stereocenters. The van der Waals surface area contributed by atoms with Crippen LogP contribution < -0.4 is 5.32 Å². The monoisotopic (exact) mass is 334 g/mol. The Labute approximate surface area is 145 Å². The minimum Gasteiger partial charge on any atom is -0.452 e. The first-order valence-electron chi connectivity index (χ1n) is 7.94. The summed E-state index contributed by atoms with van der Waals surface area (Å²) in [5, 5.41) is 3.14. The van der Waals surface area contributed by atoms with Gasteiger partial charge in [-0.2, -0.15) is 0 Å². The number of amides is 1. The Morgan fingerprint density at radius 2 is 1.72 bits per heavy atom. The van der Waals surface area contributed by atoms with Crippen molar-refractivity contribution in [3.63, 3.8) is 0 Å². The van der Waals surface area contributed by atoms with Crippen molar-refractivity contribution in [1.29, 1.82) is 0 Å². The van der Waals surface area contributed by atoms with Gasteiger partial charge < -0.3 is 10.1 Å². The number of benzene rings is 2. The number of likely N-dealkylation sites (N-methyl/N-ethyl adjacent to an activating group) is 1. The van der Waals surface area contributed by atoms with Gasteiger partial charge in [-0.3, -0.25) is 4.79 Å². The third-order valence-electron chi connectivity index (χ3n) is 4.00. The second-order valence-electron chi connectivity index (χ2n) is 5.59. The number of pyridine rings is 1. The molecule has 0 fully saturated rings. The quantitative estimate of drug-likeness (QED) is 0.745. The lowest BCUT2D eigenvalue weighted by atomic mass is 9.98. The molecule has 2 aromatic carbocycles. The summed E-state index contributed by atoms with van der Waals surface area (Å²) in [6.45, 7) is 1.53. The van der Waals surface area contributed by atoms with E-state index >= 15 is 0 Å². The lowest BCUT2D eigenvalue weighted by Gasteiger charge is -2.14. The van der Waals surface area contributed by atoms with E-state index in [-0.39, 0.29) is 12.5 Å². The van der Waals surface area contributed by atoms with E-state index in [1.165, 1.54) is 7.05 Å². The summed E-state index contributed by atoms with van der Waals surface area (Å²) in [5.74, 6) is -0.885. The number of para-hydroxylation sites is 1. The Morgan fingerprint density at radius 3 is 2.44 bits per heavy atom. The van der Waals surface area contributed by atoms with Gasteiger partial charge in [0.25, 0.3) is 5.91 Å². The van der Waals surface area contributed by atoms with Gasteiger partial charge in [0.15, 0.2) is 6.61 Å². The maximum Gasteiger partial charge on any atom is 0.339 e. The van der Waals surface area contributed by atoms with Crippen molar-refractivity contribution in [1.82, 2.24) is 10.3 Å². The first-order valence-corrected chi connectivity index (χ1v) is 7.94. The lowest BCUT2D eigenvalue weighted by Crippen LogP contribution is -2.25. The number of esters is 1. The molecule has 0 saturated heterocycles. The minimum absolute atomic E-state index is 0.313. The zero-order valence-electron chi connectivity index (χ0n) is 14.1. The van der Waals surface area contributed by atoms with Crippen molar-refractivity contribution in [2.24, 2.45) is 0 Å². The van der Waals surface area contributed by atoms with E-state index in [0.29, 0.717) is 16.5 Å². The Kier molecular flexibility index (Phi) is 4.75. The molecule has 1 heterocycles. The minimum atomic E-state index is -0.531. The molecule has 0 aliphatic carbocycles. The van der Waals surface area contributed by atoms with Gasteiger partial charge in [-0.15, -0.1) is 0 Å². The molecular weight excluding hydrogens is 316 g/mol. The third-order valence-corrected chi connectivity index (χ3v) is 4.00. The standard InChI is InChI=1S/C20H18N2O3/c1-13-18(20(24)25-12-17(23)21-2)15-10-6-7-11-16(15)22-19(13)14-8-4-3-5-9-14/h3-11H,12H2,1-2H3,(H,21,23). The van der Waals surface area contributed by atoms with Crippen molar-refractivity contribution in [2.75, 3.05) is 13.7 Å². The zero-order chi connectivity index (χ0) is 17.8. The molecule has 0 bridgehead atoms. The highest BCUT2D eigenvalue weighted by molar-refractivity contribution is 6.06. The fraction of sp³-hybridized carbons (Fsp3) is 0.150. The van der Waals surface area contributed by atoms with Crippen LogP contribution in [0.15, 0.2) is 54.6 Å². The predicted molar refractivity (Wildman–Crippen MR) is 96.3 cm³/mol. The van der Waals surface area contributed by atoms with Crippen LogP contribution in [0, 0.1) is 6.92 Å². The summed E-state index contributed by atoms with van der Waals surface area (Å²) in [5.41, 5.74) is 3.52. The average Bonchev–Trinajstić information content (AvgIpc) is 2.66. The van der Waals surface area contributed by atoms with E-state index < -0.39 is 5.97 Å². The Balaban J connectivity index is 2.14. The first kappa shape index (κ1) is 16.6. The highest BCUT2D eigenvalue weighted by atomic mass is 16.5. The maximum absolute atomic E-state index is 12.7. The van der Waals surface area contributed by atoms with Crippen LogP contribution in [0.2, 0.25) is 0 Å². The molecule has 126 valence electrons. The second kappa shape index (κ2) is 7.13. The number of hydrogen-bond acceptors (Lipinski definition) is 4. The largest absolute Gasteiger partial charge is 0.452 e. The molecule has 25 heavy (non-hydrogen) atoms. The molecule has 0 unspecified atom stereocenters. The van der Waals surface area contributed by atoms with Gasteiger partial charge in [0.1, 0.15) is 0 Å². The van der Waals surface area contributed by atoms with Gasteiger partial charge in [-0.25, -0.2) is 9.78 Å². The normalized spacial score (nSPS) is 10.5. The van der Waals surface area contributed by atoms with Gasteiger partial charge in [0, 0.05) is 18.0 Å². The Hall–Kier alpha value is -3.21. The van der Waals surface area contributed by atoms with Gasteiger partial charge in [-0.05, 0) is 18.6 Å². The molecule has 0 spiro atoms. The molecule has 5 nitrogen and oxygen atoms in total. The average molecular weight is 334 g/mol. The van der Waals surface area contributed by atoms with Crippen LogP contribution in [-0.2, 0) is 9.53 Å². The van der Waals surface area contributed by atoms with Crippen LogP contribution in [0.4, 0.5) is 0 Å². The molecule has 0 aliphatic rings. The topological polar surface area (TPSA) is 68.3 Å². The van der Waals surface area contributed by atoms with Gasteiger partial charge >= 0.3 is 5.97 Å². The van der Waals surface area contributed by atoms with Crippen LogP contribution in [0.5, 0.6) is 0 Å². The number of carbonyl (C=O) groups excluding carboxylic acids is 2. The molecule has 3 aromatic rings. The molecule has 0 aliphatic heterocycles. The number of ether oxygens (including phenoxy) is 1. The highest BCUT2D eigenvalue weighted by Gasteiger charge is 2.20. The van der Waals surface area contributed by atoms with Crippen LogP contribution in [0.3, 0.4) is 0 Å². The van der Waals surface area contributed by atoms with Crippen molar-refractivity contribution in [3.8, 4) is 11.3 Å². The maximum atomic E-state index is 12.7. The zero-order valence-corrected chi connectivity index (χ0v) is 14.1. The van der Waals surface area contributed by atoms with Crippen molar-refractivity contribution < 1.29 is 14.3 Å². The molecule has 0 saturated carbocycles. The number of fused-ring (bicyclic) bond motifs is 1. The first-order chi connectivity index (χ1) is 12.1. The number of hydrogen-bond donors (Lipinski definition) is 1. The Bertz CT molecular complexity index is 936. The molecule has 1 N–H and O–H groups in total. The third kappa shape index (κ3) is 3.35. The van der Waals surface area contributed by atoms with E-state index in [9.17, 15) is 9.59 Å². The van der Waals surface area contributed by atoms with Crippen molar-refractivity contribution in [3.05, 3.63) is 65.7 Å². The molecule has 5 heteroatoms. The van der Waals surface area contributed by atoms with Crippen LogP contribution >= 0.6 is 0 Å². The summed E-state index contributed by atoms with van der Waals surface area (Å²) < 4.78 is 5.18.